The number of hydrogen-bond donors (Lipinski definition) is 1. The molecule has 2 bridgehead atoms. The van der Waals surface area contributed by atoms with Crippen molar-refractivity contribution in [3.05, 3.63) is 23.8 Å². The zero-order chi connectivity index (χ0) is 11.8. The number of nitrogens with zero attached hydrogens (tertiary/aromatic N) is 2. The standard InChI is InChI=1S/C13H15N3O/c14-6-9-1-2-10(5-13(9)15)16-7-11-3-4-12(8-16)17-11/h1-2,5,11-12H,3-4,7-8,15H2. The number of nitriles is 1. The van der Waals surface area contributed by atoms with Gasteiger partial charge in [-0.25, -0.2) is 0 Å². The normalized spacial score (nSPS) is 26.9. The second kappa shape index (κ2) is 3.94. The molecule has 2 aliphatic rings. The van der Waals surface area contributed by atoms with E-state index >= 15 is 0 Å². The third-order valence-corrected chi connectivity index (χ3v) is 3.56. The minimum atomic E-state index is 0.366. The Labute approximate surface area is 101 Å². The van der Waals surface area contributed by atoms with Crippen LogP contribution in [-0.4, -0.2) is 25.3 Å². The Kier molecular flexibility index (Phi) is 2.41. The Hall–Kier alpha value is -1.73. The van der Waals surface area contributed by atoms with E-state index in [0.29, 0.717) is 23.5 Å². The van der Waals surface area contributed by atoms with E-state index in [-0.39, 0.29) is 0 Å². The van der Waals surface area contributed by atoms with Crippen LogP contribution in [0.2, 0.25) is 0 Å². The molecule has 2 saturated heterocycles. The van der Waals surface area contributed by atoms with E-state index in [0.717, 1.165) is 31.6 Å². The molecule has 1 aromatic rings. The molecule has 1 aromatic carbocycles. The van der Waals surface area contributed by atoms with E-state index in [9.17, 15) is 0 Å². The number of fused-ring (bicyclic) bond motifs is 2. The van der Waals surface area contributed by atoms with E-state index < -0.39 is 0 Å². The Balaban J connectivity index is 1.85. The van der Waals surface area contributed by atoms with Crippen LogP contribution in [0.3, 0.4) is 0 Å². The maximum Gasteiger partial charge on any atom is 0.101 e. The van der Waals surface area contributed by atoms with Gasteiger partial charge in [0, 0.05) is 18.8 Å². The number of nitrogens with two attached hydrogens (primary N) is 1. The lowest BCUT2D eigenvalue weighted by atomic mass is 10.1. The SMILES string of the molecule is N#Cc1ccc(N2CC3CCC(C2)O3)cc1N. The molecule has 0 amide bonds. The van der Waals surface area contributed by atoms with Gasteiger partial charge in [-0.2, -0.15) is 5.26 Å². The molecule has 2 heterocycles. The van der Waals surface area contributed by atoms with Crippen molar-refractivity contribution in [3.8, 4) is 6.07 Å². The van der Waals surface area contributed by atoms with Crippen LogP contribution in [0.5, 0.6) is 0 Å². The summed E-state index contributed by atoms with van der Waals surface area (Å²) in [5, 5.41) is 8.85. The van der Waals surface area contributed by atoms with Gasteiger partial charge in [0.05, 0.1) is 23.5 Å². The van der Waals surface area contributed by atoms with Crippen molar-refractivity contribution in [1.29, 1.82) is 5.26 Å². The molecule has 17 heavy (non-hydrogen) atoms. The largest absolute Gasteiger partial charge is 0.398 e. The van der Waals surface area contributed by atoms with E-state index in [4.69, 9.17) is 15.7 Å². The lowest BCUT2D eigenvalue weighted by molar-refractivity contribution is 0.0305. The van der Waals surface area contributed by atoms with Crippen LogP contribution in [0.1, 0.15) is 18.4 Å². The van der Waals surface area contributed by atoms with Crippen molar-refractivity contribution in [2.24, 2.45) is 0 Å². The summed E-state index contributed by atoms with van der Waals surface area (Å²) in [6.07, 6.45) is 3.05. The van der Waals surface area contributed by atoms with Crippen molar-refractivity contribution >= 4 is 11.4 Å². The molecule has 0 spiro atoms. The Morgan fingerprint density at radius 1 is 1.29 bits per heavy atom. The predicted octanol–water partition coefficient (Wildman–Crippen LogP) is 1.51. The van der Waals surface area contributed by atoms with Crippen molar-refractivity contribution in [3.63, 3.8) is 0 Å². The van der Waals surface area contributed by atoms with E-state index in [2.05, 4.69) is 11.0 Å². The number of anilines is 2. The molecule has 0 aromatic heterocycles. The van der Waals surface area contributed by atoms with Crippen LogP contribution >= 0.6 is 0 Å². The number of morpholine rings is 1. The zero-order valence-electron chi connectivity index (χ0n) is 9.60. The van der Waals surface area contributed by atoms with Crippen molar-refractivity contribution < 1.29 is 4.74 Å². The minimum Gasteiger partial charge on any atom is -0.398 e. The van der Waals surface area contributed by atoms with E-state index in [1.807, 2.05) is 12.1 Å². The molecule has 0 saturated carbocycles. The summed E-state index contributed by atoms with van der Waals surface area (Å²) < 4.78 is 5.80. The summed E-state index contributed by atoms with van der Waals surface area (Å²) in [6.45, 7) is 1.86. The fourth-order valence-electron chi connectivity index (χ4n) is 2.67. The van der Waals surface area contributed by atoms with Gasteiger partial charge in [-0.15, -0.1) is 0 Å². The molecule has 2 atom stereocenters. The lowest BCUT2D eigenvalue weighted by Crippen LogP contribution is -2.42. The quantitative estimate of drug-likeness (QED) is 0.741. The third kappa shape index (κ3) is 1.83. The van der Waals surface area contributed by atoms with Gasteiger partial charge in [0.1, 0.15) is 6.07 Å². The van der Waals surface area contributed by atoms with Gasteiger partial charge in [0.15, 0.2) is 0 Å². The summed E-state index contributed by atoms with van der Waals surface area (Å²) in [5.74, 6) is 0. The van der Waals surface area contributed by atoms with Gasteiger partial charge >= 0.3 is 0 Å². The van der Waals surface area contributed by atoms with Crippen molar-refractivity contribution in [1.82, 2.24) is 0 Å². The molecule has 2 aliphatic heterocycles. The van der Waals surface area contributed by atoms with Crippen LogP contribution in [0.25, 0.3) is 0 Å². The Morgan fingerprint density at radius 2 is 2.00 bits per heavy atom. The van der Waals surface area contributed by atoms with E-state index in [1.165, 1.54) is 0 Å². The molecule has 4 heteroatoms. The van der Waals surface area contributed by atoms with Crippen LogP contribution in [-0.2, 0) is 4.74 Å². The molecule has 0 radical (unpaired) electrons. The number of rotatable bonds is 1. The summed E-state index contributed by atoms with van der Waals surface area (Å²) in [7, 11) is 0. The first-order chi connectivity index (χ1) is 8.26. The number of benzene rings is 1. The predicted molar refractivity (Wildman–Crippen MR) is 65.7 cm³/mol. The van der Waals surface area contributed by atoms with Crippen LogP contribution in [0.4, 0.5) is 11.4 Å². The van der Waals surface area contributed by atoms with Gasteiger partial charge in [-0.3, -0.25) is 0 Å². The van der Waals surface area contributed by atoms with Crippen LogP contribution < -0.4 is 10.6 Å². The van der Waals surface area contributed by atoms with Crippen LogP contribution in [0, 0.1) is 11.3 Å². The maximum atomic E-state index is 8.85. The van der Waals surface area contributed by atoms with Crippen LogP contribution in [0.15, 0.2) is 18.2 Å². The van der Waals surface area contributed by atoms with E-state index in [1.54, 1.807) is 6.07 Å². The topological polar surface area (TPSA) is 62.3 Å². The minimum absolute atomic E-state index is 0.366. The smallest absolute Gasteiger partial charge is 0.101 e. The highest BCUT2D eigenvalue weighted by molar-refractivity contribution is 5.63. The zero-order valence-corrected chi connectivity index (χ0v) is 9.60. The average Bonchev–Trinajstić information content (AvgIpc) is 2.68. The van der Waals surface area contributed by atoms with Gasteiger partial charge in [0.25, 0.3) is 0 Å². The first-order valence-electron chi connectivity index (χ1n) is 5.96. The monoisotopic (exact) mass is 229 g/mol. The molecular formula is C13H15N3O. The summed E-state index contributed by atoms with van der Waals surface area (Å²) in [5.41, 5.74) is 8.05. The Morgan fingerprint density at radius 3 is 2.59 bits per heavy atom. The third-order valence-electron chi connectivity index (χ3n) is 3.56. The first kappa shape index (κ1) is 10.4. The van der Waals surface area contributed by atoms with Crippen molar-refractivity contribution in [2.75, 3.05) is 23.7 Å². The highest BCUT2D eigenvalue weighted by atomic mass is 16.5. The number of nitrogen functional groups attached to an aromatic ring is 1. The van der Waals surface area contributed by atoms with Gasteiger partial charge in [-0.05, 0) is 31.0 Å². The fourth-order valence-corrected chi connectivity index (χ4v) is 2.67. The summed E-state index contributed by atoms with van der Waals surface area (Å²) in [6, 6.07) is 7.74. The highest BCUT2D eigenvalue weighted by Crippen LogP contribution is 2.30. The van der Waals surface area contributed by atoms with Gasteiger partial charge < -0.3 is 15.4 Å². The van der Waals surface area contributed by atoms with Gasteiger partial charge in [0.2, 0.25) is 0 Å². The second-order valence-electron chi connectivity index (χ2n) is 4.75. The first-order valence-corrected chi connectivity index (χ1v) is 5.96. The summed E-state index contributed by atoms with van der Waals surface area (Å²) >= 11 is 0. The average molecular weight is 229 g/mol. The number of ether oxygens (including phenoxy) is 1. The highest BCUT2D eigenvalue weighted by Gasteiger charge is 2.33. The molecule has 88 valence electrons. The lowest BCUT2D eigenvalue weighted by Gasteiger charge is -2.34. The maximum absolute atomic E-state index is 8.85. The van der Waals surface area contributed by atoms with Gasteiger partial charge in [-0.1, -0.05) is 0 Å². The number of hydrogen-bond acceptors (Lipinski definition) is 4. The van der Waals surface area contributed by atoms with Crippen molar-refractivity contribution in [2.45, 2.75) is 25.0 Å². The molecule has 2 N–H and O–H groups in total. The molecule has 4 nitrogen and oxygen atoms in total. The fraction of sp³-hybridized carbons (Fsp3) is 0.462. The molecule has 2 unspecified atom stereocenters. The molecular weight excluding hydrogens is 214 g/mol. The second-order valence-corrected chi connectivity index (χ2v) is 4.75. The molecule has 3 rings (SSSR count). The molecule has 0 aliphatic carbocycles. The summed E-state index contributed by atoms with van der Waals surface area (Å²) in [4.78, 5) is 2.31. The Bertz CT molecular complexity index is 468. The molecule has 2 fully saturated rings.